The first-order valence-electron chi connectivity index (χ1n) is 10.4. The van der Waals surface area contributed by atoms with Gasteiger partial charge in [-0.05, 0) is 37.3 Å². The number of rotatable bonds is 10. The van der Waals surface area contributed by atoms with Gasteiger partial charge in [0.15, 0.2) is 11.0 Å². The predicted octanol–water partition coefficient (Wildman–Crippen LogP) is 2.23. The number of amides is 2. The molecule has 35 heavy (non-hydrogen) atoms. The molecule has 3 N–H and O–H groups in total. The zero-order valence-electron chi connectivity index (χ0n) is 19.2. The van der Waals surface area contributed by atoms with Crippen LogP contribution in [0.25, 0.3) is 0 Å². The van der Waals surface area contributed by atoms with Crippen molar-refractivity contribution in [3.05, 3.63) is 69.5 Å². The molecule has 1 aromatic heterocycles. The smallest absolute Gasteiger partial charge is 0.274 e. The summed E-state index contributed by atoms with van der Waals surface area (Å²) in [7, 11) is 3.18. The maximum atomic E-state index is 12.6. The Morgan fingerprint density at radius 1 is 1.23 bits per heavy atom. The molecule has 3 aromatic rings. The molecule has 184 valence electrons. The van der Waals surface area contributed by atoms with Gasteiger partial charge in [0.1, 0.15) is 11.8 Å². The van der Waals surface area contributed by atoms with Crippen LogP contribution in [0.4, 0.5) is 11.4 Å². The van der Waals surface area contributed by atoms with Crippen LogP contribution in [0.2, 0.25) is 0 Å². The molecule has 0 fully saturated rings. The minimum atomic E-state index is -0.821. The fraction of sp³-hybridized carbons (Fsp3) is 0.273. The highest BCUT2D eigenvalue weighted by atomic mass is 32.2. The van der Waals surface area contributed by atoms with Crippen LogP contribution in [-0.4, -0.2) is 56.1 Å². The predicted molar refractivity (Wildman–Crippen MR) is 128 cm³/mol. The molecule has 0 aliphatic heterocycles. The van der Waals surface area contributed by atoms with E-state index in [-0.39, 0.29) is 17.3 Å². The molecular formula is C22H24N6O6S. The van der Waals surface area contributed by atoms with Crippen molar-refractivity contribution in [3.63, 3.8) is 0 Å². The van der Waals surface area contributed by atoms with E-state index in [0.29, 0.717) is 33.5 Å². The molecule has 2 amide bonds. The molecule has 1 atom stereocenters. The first kappa shape index (κ1) is 25.6. The van der Waals surface area contributed by atoms with E-state index in [4.69, 9.17) is 4.74 Å². The van der Waals surface area contributed by atoms with Gasteiger partial charge in [-0.2, -0.15) is 0 Å². The van der Waals surface area contributed by atoms with Crippen LogP contribution >= 0.6 is 11.8 Å². The van der Waals surface area contributed by atoms with Crippen molar-refractivity contribution in [2.45, 2.75) is 18.1 Å². The van der Waals surface area contributed by atoms with Crippen molar-refractivity contribution in [3.8, 4) is 5.75 Å². The number of nitrogens with zero attached hydrogens (tertiary/aromatic N) is 4. The van der Waals surface area contributed by atoms with Gasteiger partial charge in [0.25, 0.3) is 11.6 Å². The second-order valence-corrected chi connectivity index (χ2v) is 8.37. The lowest BCUT2D eigenvalue weighted by Crippen LogP contribution is -2.32. The fourth-order valence-electron chi connectivity index (χ4n) is 3.14. The number of aliphatic hydroxyl groups is 1. The Labute approximate surface area is 204 Å². The number of carbonyl (C=O) groups is 2. The maximum absolute atomic E-state index is 12.6. The van der Waals surface area contributed by atoms with Gasteiger partial charge in [-0.25, -0.2) is 0 Å². The number of thioether (sulfide) groups is 1. The number of aliphatic hydroxyl groups excluding tert-OH is 1. The van der Waals surface area contributed by atoms with Crippen LogP contribution in [0.15, 0.2) is 47.6 Å². The number of nitrogens with one attached hydrogen (secondary N) is 2. The summed E-state index contributed by atoms with van der Waals surface area (Å²) in [6, 6.07) is 10.1. The SMILES string of the molecule is COc1ccc(C(=O)N[C@H](CO)c2nnc(SCC(=O)Nc3ccc(C)c([N+](=O)[O-])c3)n2C)cc1. The number of ether oxygens (including phenoxy) is 1. The summed E-state index contributed by atoms with van der Waals surface area (Å²) in [4.78, 5) is 35.5. The highest BCUT2D eigenvalue weighted by Crippen LogP contribution is 2.24. The molecular weight excluding hydrogens is 476 g/mol. The van der Waals surface area contributed by atoms with Gasteiger partial charge in [-0.1, -0.05) is 17.8 Å². The summed E-state index contributed by atoms with van der Waals surface area (Å²) < 4.78 is 6.65. The number of aromatic nitrogens is 3. The van der Waals surface area contributed by atoms with E-state index in [1.165, 1.54) is 13.2 Å². The Kier molecular flexibility index (Phi) is 8.39. The molecule has 0 spiro atoms. The molecule has 0 aliphatic rings. The van der Waals surface area contributed by atoms with Gasteiger partial charge >= 0.3 is 0 Å². The van der Waals surface area contributed by atoms with Crippen LogP contribution in [0.3, 0.4) is 0 Å². The molecule has 3 rings (SSSR count). The molecule has 1 heterocycles. The highest BCUT2D eigenvalue weighted by Gasteiger charge is 2.22. The Bertz CT molecular complexity index is 1230. The van der Waals surface area contributed by atoms with E-state index in [0.717, 1.165) is 11.8 Å². The van der Waals surface area contributed by atoms with Crippen LogP contribution in [0.1, 0.15) is 27.8 Å². The van der Waals surface area contributed by atoms with Crippen molar-refractivity contribution in [2.24, 2.45) is 7.05 Å². The largest absolute Gasteiger partial charge is 0.497 e. The van der Waals surface area contributed by atoms with Crippen molar-refractivity contribution in [1.29, 1.82) is 0 Å². The summed E-state index contributed by atoms with van der Waals surface area (Å²) in [6.45, 7) is 1.20. The second kappa shape index (κ2) is 11.4. The quantitative estimate of drug-likeness (QED) is 0.215. The van der Waals surface area contributed by atoms with Gasteiger partial charge in [-0.15, -0.1) is 10.2 Å². The van der Waals surface area contributed by atoms with Crippen molar-refractivity contribution in [2.75, 3.05) is 24.8 Å². The summed E-state index contributed by atoms with van der Waals surface area (Å²) in [5, 5.41) is 34.7. The molecule has 0 aliphatic carbocycles. The monoisotopic (exact) mass is 500 g/mol. The van der Waals surface area contributed by atoms with Gasteiger partial charge in [-0.3, -0.25) is 19.7 Å². The van der Waals surface area contributed by atoms with Gasteiger partial charge in [0.05, 0.1) is 24.4 Å². The average molecular weight is 501 g/mol. The van der Waals surface area contributed by atoms with Crippen LogP contribution < -0.4 is 15.4 Å². The molecule has 0 bridgehead atoms. The molecule has 0 unspecified atom stereocenters. The third kappa shape index (κ3) is 6.33. The number of benzene rings is 2. The zero-order chi connectivity index (χ0) is 25.5. The van der Waals surface area contributed by atoms with Gasteiger partial charge in [0, 0.05) is 29.9 Å². The lowest BCUT2D eigenvalue weighted by atomic mass is 10.2. The van der Waals surface area contributed by atoms with E-state index < -0.39 is 23.5 Å². The maximum Gasteiger partial charge on any atom is 0.274 e. The minimum absolute atomic E-state index is 0.0321. The first-order valence-corrected chi connectivity index (χ1v) is 11.3. The zero-order valence-corrected chi connectivity index (χ0v) is 20.0. The molecule has 2 aromatic carbocycles. The van der Waals surface area contributed by atoms with Gasteiger partial charge < -0.3 is 25.0 Å². The van der Waals surface area contributed by atoms with Crippen molar-refractivity contribution < 1.29 is 24.4 Å². The summed E-state index contributed by atoms with van der Waals surface area (Å²) in [5.74, 6) is 0.0984. The first-order chi connectivity index (χ1) is 16.7. The summed E-state index contributed by atoms with van der Waals surface area (Å²) in [6.07, 6.45) is 0. The highest BCUT2D eigenvalue weighted by molar-refractivity contribution is 7.99. The van der Waals surface area contributed by atoms with Crippen LogP contribution in [0, 0.1) is 17.0 Å². The normalized spacial score (nSPS) is 11.5. The van der Waals surface area contributed by atoms with E-state index in [1.807, 2.05) is 0 Å². The van der Waals surface area contributed by atoms with Gasteiger partial charge in [0.2, 0.25) is 5.91 Å². The number of methoxy groups -OCH3 is 1. The van der Waals surface area contributed by atoms with Crippen molar-refractivity contribution >= 4 is 35.0 Å². The van der Waals surface area contributed by atoms with E-state index in [9.17, 15) is 24.8 Å². The molecule has 13 heteroatoms. The number of hydrogen-bond acceptors (Lipinski definition) is 9. The minimum Gasteiger partial charge on any atom is -0.497 e. The number of aryl methyl sites for hydroxylation is 1. The number of carbonyl (C=O) groups excluding carboxylic acids is 2. The average Bonchev–Trinajstić information content (AvgIpc) is 3.22. The van der Waals surface area contributed by atoms with E-state index >= 15 is 0 Å². The Morgan fingerprint density at radius 2 is 1.94 bits per heavy atom. The fourth-order valence-corrected chi connectivity index (χ4v) is 3.86. The molecule has 0 radical (unpaired) electrons. The number of nitro groups is 1. The van der Waals surface area contributed by atoms with E-state index in [1.54, 1.807) is 54.9 Å². The third-order valence-corrected chi connectivity index (χ3v) is 6.06. The third-order valence-electron chi connectivity index (χ3n) is 5.04. The topological polar surface area (TPSA) is 162 Å². The number of nitro benzene ring substituents is 1. The molecule has 0 saturated carbocycles. The summed E-state index contributed by atoms with van der Waals surface area (Å²) in [5.41, 5.74) is 1.11. The lowest BCUT2D eigenvalue weighted by molar-refractivity contribution is -0.385. The second-order valence-electron chi connectivity index (χ2n) is 7.43. The van der Waals surface area contributed by atoms with E-state index in [2.05, 4.69) is 20.8 Å². The number of hydrogen-bond donors (Lipinski definition) is 3. The summed E-state index contributed by atoms with van der Waals surface area (Å²) >= 11 is 1.09. The van der Waals surface area contributed by atoms with Crippen LogP contribution in [0.5, 0.6) is 5.75 Å². The number of anilines is 1. The van der Waals surface area contributed by atoms with Crippen LogP contribution in [-0.2, 0) is 11.8 Å². The Morgan fingerprint density at radius 3 is 2.57 bits per heavy atom. The standard InChI is InChI=1S/C22H24N6O6S/c1-13-4-7-15(10-18(13)28(32)33)23-19(30)12-35-22-26-25-20(27(22)2)17(11-29)24-21(31)14-5-8-16(34-3)9-6-14/h4-10,17,29H,11-12H2,1-3H3,(H,23,30)(H,24,31)/t17-/m1/s1. The molecule has 12 nitrogen and oxygen atoms in total. The Balaban J connectivity index is 1.62. The Hall–Kier alpha value is -3.97. The van der Waals surface area contributed by atoms with Crippen molar-refractivity contribution in [1.82, 2.24) is 20.1 Å². The molecule has 0 saturated heterocycles. The lowest BCUT2D eigenvalue weighted by Gasteiger charge is -2.16.